The fourth-order valence-corrected chi connectivity index (χ4v) is 2.90. The van der Waals surface area contributed by atoms with Crippen molar-refractivity contribution in [2.45, 2.75) is 45.1 Å². The van der Waals surface area contributed by atoms with Gasteiger partial charge in [0.1, 0.15) is 5.82 Å². The van der Waals surface area contributed by atoms with Crippen molar-refractivity contribution in [3.8, 4) is 0 Å². The fourth-order valence-electron chi connectivity index (χ4n) is 2.90. The van der Waals surface area contributed by atoms with Gasteiger partial charge in [-0.15, -0.1) is 0 Å². The third-order valence-corrected chi connectivity index (χ3v) is 4.31. The van der Waals surface area contributed by atoms with Gasteiger partial charge in [-0.2, -0.15) is 0 Å². The summed E-state index contributed by atoms with van der Waals surface area (Å²) in [5, 5.41) is 3.21. The van der Waals surface area contributed by atoms with Crippen molar-refractivity contribution in [2.24, 2.45) is 5.92 Å². The Labute approximate surface area is 119 Å². The van der Waals surface area contributed by atoms with E-state index >= 15 is 0 Å². The molecule has 0 bridgehead atoms. The Balaban J connectivity index is 1.60. The number of aromatic nitrogens is 2. The summed E-state index contributed by atoms with van der Waals surface area (Å²) < 4.78 is 0. The van der Waals surface area contributed by atoms with Crippen molar-refractivity contribution in [3.63, 3.8) is 0 Å². The number of amides is 1. The molecule has 1 amide bonds. The molecule has 1 N–H and O–H groups in total. The molecular weight excluding hydrogens is 252 g/mol. The molecule has 0 aromatic carbocycles. The van der Waals surface area contributed by atoms with Crippen LogP contribution in [0.3, 0.4) is 0 Å². The van der Waals surface area contributed by atoms with E-state index in [1.807, 2.05) is 13.1 Å². The van der Waals surface area contributed by atoms with Crippen molar-refractivity contribution in [1.82, 2.24) is 15.3 Å². The number of carbonyl (C=O) groups excluding carboxylic acids is 1. The second-order valence-corrected chi connectivity index (χ2v) is 5.94. The molecule has 1 unspecified atom stereocenters. The number of hydrogen-bond donors (Lipinski definition) is 1. The Morgan fingerprint density at radius 2 is 2.15 bits per heavy atom. The highest BCUT2D eigenvalue weighted by Crippen LogP contribution is 2.27. The topological polar surface area (TPSA) is 58.1 Å². The van der Waals surface area contributed by atoms with Gasteiger partial charge >= 0.3 is 0 Å². The van der Waals surface area contributed by atoms with Crippen LogP contribution < -0.4 is 10.2 Å². The molecule has 0 radical (unpaired) electrons. The fraction of sp³-hybridized carbons (Fsp3) is 0.667. The van der Waals surface area contributed by atoms with Gasteiger partial charge in [0, 0.05) is 31.2 Å². The van der Waals surface area contributed by atoms with Crippen LogP contribution in [0, 0.1) is 12.8 Å². The van der Waals surface area contributed by atoms with Crippen LogP contribution in [0.15, 0.2) is 12.4 Å². The van der Waals surface area contributed by atoms with E-state index in [0.717, 1.165) is 50.3 Å². The lowest BCUT2D eigenvalue weighted by Gasteiger charge is -2.35. The van der Waals surface area contributed by atoms with Crippen molar-refractivity contribution >= 4 is 11.7 Å². The largest absolute Gasteiger partial charge is 0.353 e. The van der Waals surface area contributed by atoms with Gasteiger partial charge in [-0.3, -0.25) is 9.78 Å². The Morgan fingerprint density at radius 1 is 1.30 bits per heavy atom. The lowest BCUT2D eigenvalue weighted by Crippen LogP contribution is -2.50. The third kappa shape index (κ3) is 2.92. The molecule has 2 fully saturated rings. The molecule has 2 heterocycles. The van der Waals surface area contributed by atoms with Gasteiger partial charge in [-0.1, -0.05) is 6.42 Å². The van der Waals surface area contributed by atoms with E-state index in [4.69, 9.17) is 0 Å². The molecule has 3 rings (SSSR count). The highest BCUT2D eigenvalue weighted by atomic mass is 16.2. The van der Waals surface area contributed by atoms with Crippen LogP contribution in [0.1, 0.15) is 37.8 Å². The summed E-state index contributed by atoms with van der Waals surface area (Å²) in [5.74, 6) is 1.44. The number of piperidine rings is 1. The molecule has 0 spiro atoms. The number of anilines is 1. The second-order valence-electron chi connectivity index (χ2n) is 5.94. The van der Waals surface area contributed by atoms with Gasteiger partial charge in [0.05, 0.1) is 11.9 Å². The molecule has 1 saturated carbocycles. The summed E-state index contributed by atoms with van der Waals surface area (Å²) in [6, 6.07) is 0.249. The maximum absolute atomic E-state index is 12.0. The van der Waals surface area contributed by atoms with Crippen LogP contribution >= 0.6 is 0 Å². The van der Waals surface area contributed by atoms with Gasteiger partial charge in [0.25, 0.3) is 0 Å². The Hall–Kier alpha value is -1.65. The van der Waals surface area contributed by atoms with Gasteiger partial charge in [-0.05, 0) is 32.6 Å². The Bertz CT molecular complexity index is 487. The van der Waals surface area contributed by atoms with E-state index in [2.05, 4.69) is 20.2 Å². The Morgan fingerprint density at radius 3 is 2.85 bits per heavy atom. The normalized spacial score (nSPS) is 23.2. The minimum atomic E-state index is 0.249. The predicted molar refractivity (Wildman–Crippen MR) is 77.5 cm³/mol. The minimum absolute atomic E-state index is 0.249. The van der Waals surface area contributed by atoms with Gasteiger partial charge in [-0.25, -0.2) is 4.98 Å². The van der Waals surface area contributed by atoms with E-state index in [0.29, 0.717) is 0 Å². The first-order chi connectivity index (χ1) is 9.72. The van der Waals surface area contributed by atoms with E-state index in [-0.39, 0.29) is 17.9 Å². The van der Waals surface area contributed by atoms with Crippen molar-refractivity contribution in [2.75, 3.05) is 18.0 Å². The van der Waals surface area contributed by atoms with E-state index in [9.17, 15) is 4.79 Å². The van der Waals surface area contributed by atoms with E-state index in [1.165, 1.54) is 6.42 Å². The van der Waals surface area contributed by atoms with E-state index < -0.39 is 0 Å². The Kier molecular flexibility index (Phi) is 3.85. The summed E-state index contributed by atoms with van der Waals surface area (Å²) in [6.07, 6.45) is 9.05. The average Bonchev–Trinajstić information content (AvgIpc) is 2.37. The summed E-state index contributed by atoms with van der Waals surface area (Å²) in [5.41, 5.74) is 0.933. The van der Waals surface area contributed by atoms with Crippen LogP contribution in [0.2, 0.25) is 0 Å². The minimum Gasteiger partial charge on any atom is -0.353 e. The molecule has 20 heavy (non-hydrogen) atoms. The number of nitrogens with one attached hydrogen (secondary N) is 1. The van der Waals surface area contributed by atoms with Crippen LogP contribution in [0.4, 0.5) is 5.82 Å². The van der Waals surface area contributed by atoms with Crippen LogP contribution in [0.5, 0.6) is 0 Å². The maximum atomic E-state index is 12.0. The molecule has 108 valence electrons. The molecule has 1 aliphatic heterocycles. The number of aryl methyl sites for hydroxylation is 1. The number of nitrogens with zero attached hydrogens (tertiary/aromatic N) is 3. The van der Waals surface area contributed by atoms with Crippen molar-refractivity contribution < 1.29 is 4.79 Å². The van der Waals surface area contributed by atoms with Crippen LogP contribution in [0.25, 0.3) is 0 Å². The molecule has 1 atom stereocenters. The number of hydrogen-bond acceptors (Lipinski definition) is 4. The molecule has 5 nitrogen and oxygen atoms in total. The summed E-state index contributed by atoms with van der Waals surface area (Å²) in [6.45, 7) is 3.79. The van der Waals surface area contributed by atoms with Gasteiger partial charge in [0.2, 0.25) is 5.91 Å². The van der Waals surface area contributed by atoms with Crippen LogP contribution in [-0.4, -0.2) is 35.0 Å². The van der Waals surface area contributed by atoms with Crippen LogP contribution in [-0.2, 0) is 4.79 Å². The van der Waals surface area contributed by atoms with Gasteiger partial charge in [0.15, 0.2) is 0 Å². The van der Waals surface area contributed by atoms with Gasteiger partial charge < -0.3 is 10.2 Å². The molecule has 1 saturated heterocycles. The highest BCUT2D eigenvalue weighted by Gasteiger charge is 2.29. The molecule has 5 heteroatoms. The SMILES string of the molecule is Cc1cncc(N2CCCC(NC(=O)C3CCC3)C2)n1. The predicted octanol–water partition coefficient (Wildman–Crippen LogP) is 1.67. The zero-order valence-electron chi connectivity index (χ0n) is 12.0. The maximum Gasteiger partial charge on any atom is 0.223 e. The second kappa shape index (κ2) is 5.77. The van der Waals surface area contributed by atoms with Crippen molar-refractivity contribution in [3.05, 3.63) is 18.1 Å². The first-order valence-corrected chi connectivity index (χ1v) is 7.56. The zero-order valence-corrected chi connectivity index (χ0v) is 12.0. The molecule has 1 aromatic heterocycles. The number of carbonyl (C=O) groups is 1. The van der Waals surface area contributed by atoms with E-state index in [1.54, 1.807) is 6.20 Å². The molecular formula is C15H22N4O. The summed E-state index contributed by atoms with van der Waals surface area (Å²) in [4.78, 5) is 23.0. The lowest BCUT2D eigenvalue weighted by atomic mass is 9.84. The highest BCUT2D eigenvalue weighted by molar-refractivity contribution is 5.79. The molecule has 1 aromatic rings. The smallest absolute Gasteiger partial charge is 0.223 e. The monoisotopic (exact) mass is 274 g/mol. The molecule has 1 aliphatic carbocycles. The third-order valence-electron chi connectivity index (χ3n) is 4.31. The quantitative estimate of drug-likeness (QED) is 0.911. The summed E-state index contributed by atoms with van der Waals surface area (Å²) >= 11 is 0. The first-order valence-electron chi connectivity index (χ1n) is 7.56. The molecule has 2 aliphatic rings. The summed E-state index contributed by atoms with van der Waals surface area (Å²) in [7, 11) is 0. The van der Waals surface area contributed by atoms with Crippen molar-refractivity contribution in [1.29, 1.82) is 0 Å². The standard InChI is InChI=1S/C15H22N4O/c1-11-8-16-9-14(17-11)19-7-3-6-13(10-19)18-15(20)12-4-2-5-12/h8-9,12-13H,2-7,10H2,1H3,(H,18,20). The first kappa shape index (κ1) is 13.3. The average molecular weight is 274 g/mol. The number of rotatable bonds is 3. The zero-order chi connectivity index (χ0) is 13.9. The lowest BCUT2D eigenvalue weighted by molar-refractivity contribution is -0.128.